The first-order valence-corrected chi connectivity index (χ1v) is 25.3. The molecule has 0 fully saturated rings. The van der Waals surface area contributed by atoms with Gasteiger partial charge < -0.3 is 14.8 Å². The van der Waals surface area contributed by atoms with Crippen LogP contribution in [0.25, 0.3) is 22.3 Å². The zero-order chi connectivity index (χ0) is 45.6. The summed E-state index contributed by atoms with van der Waals surface area (Å²) in [6.07, 6.45) is 3.90. The molecule has 1 N–H and O–H groups in total. The van der Waals surface area contributed by atoms with Gasteiger partial charge >= 0.3 is 0 Å². The summed E-state index contributed by atoms with van der Waals surface area (Å²) in [5.41, 5.74) is 13.9. The second kappa shape index (κ2) is 20.0. The van der Waals surface area contributed by atoms with E-state index in [1.807, 2.05) is 13.8 Å². The number of benzene rings is 4. The van der Waals surface area contributed by atoms with Gasteiger partial charge in [-0.05, 0) is 110 Å². The SMILES string of the molecule is Cc1ccc(-c2c(COc3ccccc3S(C)(=O)=O)c(C)nc(CC(C)C)c2CNCc2c(CC(C)C)nc(C)c(COc3ccccc3S(C)(=O)=O)c2-c2ccc(C)cc2)cc1. The Labute approximate surface area is 375 Å². The van der Waals surface area contributed by atoms with Crippen LogP contribution in [0.5, 0.6) is 11.5 Å². The molecule has 2 heterocycles. The Bertz CT molecular complexity index is 2610. The van der Waals surface area contributed by atoms with Crippen molar-refractivity contribution < 1.29 is 26.3 Å². The standard InChI is InChI=1S/C52H61N3O6S2/c1-33(2)27-45-41(51(39-23-19-35(5)20-24-39)43(37(7)54-45)31-60-47-15-11-13-17-49(47)62(9,56)57)29-53-30-42-46(28-34(3)4)55-38(8)44(52(42)40-25-21-36(6)22-26-40)32-61-48-16-12-14-18-50(48)63(10,58)59/h11-26,33-34,53H,27-32H2,1-10H3. The Hall–Kier alpha value is -5.36. The van der Waals surface area contributed by atoms with Crippen molar-refractivity contribution in [2.24, 2.45) is 11.8 Å². The monoisotopic (exact) mass is 887 g/mol. The van der Waals surface area contributed by atoms with Gasteiger partial charge in [0.2, 0.25) is 0 Å². The van der Waals surface area contributed by atoms with Crippen molar-refractivity contribution in [1.82, 2.24) is 15.3 Å². The van der Waals surface area contributed by atoms with Crippen LogP contribution >= 0.6 is 0 Å². The number of pyridine rings is 2. The van der Waals surface area contributed by atoms with E-state index in [-0.39, 0.29) is 23.0 Å². The van der Waals surface area contributed by atoms with Crippen LogP contribution in [0.2, 0.25) is 0 Å². The largest absolute Gasteiger partial charge is 0.487 e. The molecule has 9 nitrogen and oxygen atoms in total. The number of rotatable bonds is 18. The summed E-state index contributed by atoms with van der Waals surface area (Å²) >= 11 is 0. The molecule has 2 aromatic heterocycles. The molecule has 11 heteroatoms. The summed E-state index contributed by atoms with van der Waals surface area (Å²) in [5.74, 6) is 1.25. The number of ether oxygens (including phenoxy) is 2. The summed E-state index contributed by atoms with van der Waals surface area (Å²) in [6, 6.07) is 30.5. The lowest BCUT2D eigenvalue weighted by Gasteiger charge is -2.25. The van der Waals surface area contributed by atoms with Crippen LogP contribution in [0.4, 0.5) is 0 Å². The second-order valence-corrected chi connectivity index (χ2v) is 21.5. The van der Waals surface area contributed by atoms with E-state index >= 15 is 0 Å². The molecule has 0 saturated carbocycles. The molecule has 0 radical (unpaired) electrons. The van der Waals surface area contributed by atoms with Gasteiger partial charge in [-0.2, -0.15) is 0 Å². The van der Waals surface area contributed by atoms with E-state index < -0.39 is 19.7 Å². The molecule has 0 aliphatic carbocycles. The maximum Gasteiger partial charge on any atom is 0.179 e. The first kappa shape index (κ1) is 47.1. The van der Waals surface area contributed by atoms with E-state index in [1.54, 1.807) is 48.5 Å². The van der Waals surface area contributed by atoms with E-state index in [0.29, 0.717) is 36.4 Å². The molecule has 6 aromatic rings. The first-order chi connectivity index (χ1) is 29.8. The lowest BCUT2D eigenvalue weighted by Crippen LogP contribution is -2.21. The number of sulfone groups is 2. The number of nitrogens with zero attached hydrogens (tertiary/aromatic N) is 2. The predicted octanol–water partition coefficient (Wildman–Crippen LogP) is 10.7. The Morgan fingerprint density at radius 1 is 0.508 bits per heavy atom. The topological polar surface area (TPSA) is 125 Å². The normalized spacial score (nSPS) is 12.0. The van der Waals surface area contributed by atoms with Crippen LogP contribution in [-0.4, -0.2) is 39.3 Å². The van der Waals surface area contributed by atoms with E-state index in [4.69, 9.17) is 19.4 Å². The minimum atomic E-state index is -3.54. The molecule has 4 aromatic carbocycles. The maximum atomic E-state index is 12.8. The van der Waals surface area contributed by atoms with Crippen LogP contribution in [0.1, 0.15) is 83.9 Å². The number of hydrogen-bond donors (Lipinski definition) is 1. The molecular formula is C52H61N3O6S2. The molecule has 6 rings (SSSR count). The Morgan fingerprint density at radius 3 is 1.19 bits per heavy atom. The Balaban J connectivity index is 1.48. The van der Waals surface area contributed by atoms with E-state index in [2.05, 4.69) is 95.4 Å². The molecular weight excluding hydrogens is 827 g/mol. The van der Waals surface area contributed by atoms with Gasteiger partial charge in [0, 0.05) is 59.5 Å². The highest BCUT2D eigenvalue weighted by atomic mass is 32.2. The van der Waals surface area contributed by atoms with Crippen LogP contribution in [0.3, 0.4) is 0 Å². The number of aryl methyl sites for hydroxylation is 4. The smallest absolute Gasteiger partial charge is 0.179 e. The van der Waals surface area contributed by atoms with Crippen molar-refractivity contribution in [3.8, 4) is 33.8 Å². The van der Waals surface area contributed by atoms with Crippen molar-refractivity contribution in [2.75, 3.05) is 12.5 Å². The molecule has 0 spiro atoms. The van der Waals surface area contributed by atoms with Gasteiger partial charge in [-0.15, -0.1) is 0 Å². The van der Waals surface area contributed by atoms with Crippen LogP contribution in [0.15, 0.2) is 107 Å². The minimum Gasteiger partial charge on any atom is -0.487 e. The summed E-state index contributed by atoms with van der Waals surface area (Å²) in [5, 5.41) is 3.87. The van der Waals surface area contributed by atoms with Gasteiger partial charge in [-0.3, -0.25) is 9.97 Å². The van der Waals surface area contributed by atoms with Gasteiger partial charge in [0.25, 0.3) is 0 Å². The molecule has 0 saturated heterocycles. The molecule has 0 aliphatic rings. The quantitative estimate of drug-likeness (QED) is 0.0898. The molecule has 0 unspecified atom stereocenters. The number of para-hydroxylation sites is 2. The number of nitrogens with one attached hydrogen (secondary N) is 1. The molecule has 0 bridgehead atoms. The predicted molar refractivity (Wildman–Crippen MR) is 254 cm³/mol. The van der Waals surface area contributed by atoms with Crippen molar-refractivity contribution in [3.63, 3.8) is 0 Å². The lowest BCUT2D eigenvalue weighted by molar-refractivity contribution is 0.297. The fourth-order valence-electron chi connectivity index (χ4n) is 8.04. The van der Waals surface area contributed by atoms with Crippen LogP contribution in [-0.2, 0) is 58.8 Å². The fourth-order valence-corrected chi connectivity index (χ4v) is 9.67. The Kier molecular flexibility index (Phi) is 15.0. The van der Waals surface area contributed by atoms with Gasteiger partial charge in [0.15, 0.2) is 19.7 Å². The van der Waals surface area contributed by atoms with Crippen molar-refractivity contribution in [3.05, 3.63) is 153 Å². The molecule has 332 valence electrons. The first-order valence-electron chi connectivity index (χ1n) is 21.5. The summed E-state index contributed by atoms with van der Waals surface area (Å²) in [6.45, 7) is 18.1. The molecule has 0 aliphatic heterocycles. The summed E-state index contributed by atoms with van der Waals surface area (Å²) in [7, 11) is -7.08. The zero-order valence-corrected chi connectivity index (χ0v) is 39.9. The third-order valence-corrected chi connectivity index (χ3v) is 13.4. The second-order valence-electron chi connectivity index (χ2n) is 17.5. The highest BCUT2D eigenvalue weighted by molar-refractivity contribution is 7.91. The van der Waals surface area contributed by atoms with Gasteiger partial charge in [-0.25, -0.2) is 16.8 Å². The molecule has 0 atom stereocenters. The van der Waals surface area contributed by atoms with Crippen molar-refractivity contribution >= 4 is 19.7 Å². The number of hydrogen-bond acceptors (Lipinski definition) is 9. The molecule has 63 heavy (non-hydrogen) atoms. The third-order valence-electron chi connectivity index (χ3n) is 11.1. The number of aromatic nitrogens is 2. The summed E-state index contributed by atoms with van der Waals surface area (Å²) < 4.78 is 63.8. The van der Waals surface area contributed by atoms with Gasteiger partial charge in [0.1, 0.15) is 34.5 Å². The van der Waals surface area contributed by atoms with Gasteiger partial charge in [0.05, 0.1) is 0 Å². The summed E-state index contributed by atoms with van der Waals surface area (Å²) in [4.78, 5) is 10.8. The van der Waals surface area contributed by atoms with Crippen LogP contribution in [0, 0.1) is 39.5 Å². The van der Waals surface area contributed by atoms with Crippen molar-refractivity contribution in [1.29, 1.82) is 0 Å². The van der Waals surface area contributed by atoms with Crippen LogP contribution < -0.4 is 14.8 Å². The van der Waals surface area contributed by atoms with E-state index in [9.17, 15) is 16.8 Å². The fraction of sp³-hybridized carbons (Fsp3) is 0.346. The average molecular weight is 888 g/mol. The third kappa shape index (κ3) is 11.6. The van der Waals surface area contributed by atoms with Gasteiger partial charge in [-0.1, -0.05) is 112 Å². The highest BCUT2D eigenvalue weighted by Crippen LogP contribution is 2.37. The highest BCUT2D eigenvalue weighted by Gasteiger charge is 2.25. The molecule has 0 amide bonds. The zero-order valence-electron chi connectivity index (χ0n) is 38.3. The maximum absolute atomic E-state index is 12.8. The van der Waals surface area contributed by atoms with E-state index in [1.165, 1.54) is 12.5 Å². The van der Waals surface area contributed by atoms with E-state index in [0.717, 1.165) is 91.3 Å². The lowest BCUT2D eigenvalue weighted by atomic mass is 9.89. The minimum absolute atomic E-state index is 0.118. The Morgan fingerprint density at radius 2 is 0.857 bits per heavy atom. The van der Waals surface area contributed by atoms with Crippen molar-refractivity contribution in [2.45, 2.75) is 104 Å². The average Bonchev–Trinajstić information content (AvgIpc) is 3.21.